The van der Waals surface area contributed by atoms with Gasteiger partial charge in [0.1, 0.15) is 5.82 Å². The van der Waals surface area contributed by atoms with Gasteiger partial charge in [0.05, 0.1) is 0 Å². The Balaban J connectivity index is 1.62. The molecule has 0 bridgehead atoms. The molecule has 0 aliphatic heterocycles. The van der Waals surface area contributed by atoms with Crippen molar-refractivity contribution in [3.8, 4) is 10.4 Å². The van der Waals surface area contributed by atoms with E-state index in [-0.39, 0.29) is 17.8 Å². The SMILES string of the molecule is CC(=O)Nc1cccc([C@@H](C)NCc2ccc(-c3ccc(F)cc3)s2)c1. The zero-order valence-corrected chi connectivity index (χ0v) is 15.6. The van der Waals surface area contributed by atoms with Gasteiger partial charge in [-0.1, -0.05) is 24.3 Å². The Kier molecular flexibility index (Phi) is 5.81. The zero-order chi connectivity index (χ0) is 18.5. The topological polar surface area (TPSA) is 41.1 Å². The molecule has 2 N–H and O–H groups in total. The fraction of sp³-hybridized carbons (Fsp3) is 0.190. The maximum Gasteiger partial charge on any atom is 0.221 e. The standard InChI is InChI=1S/C21H21FN2OS/c1-14(17-4-3-5-19(12-17)24-15(2)25)23-13-20-10-11-21(26-20)16-6-8-18(22)9-7-16/h3-12,14,23H,13H2,1-2H3,(H,24,25)/t14-/m1/s1. The van der Waals surface area contributed by atoms with Crippen LogP contribution in [-0.2, 0) is 11.3 Å². The second kappa shape index (κ2) is 8.25. The molecule has 26 heavy (non-hydrogen) atoms. The molecule has 134 valence electrons. The van der Waals surface area contributed by atoms with Crippen LogP contribution in [0.5, 0.6) is 0 Å². The summed E-state index contributed by atoms with van der Waals surface area (Å²) in [6, 6.07) is 18.7. The lowest BCUT2D eigenvalue weighted by Gasteiger charge is -2.15. The minimum atomic E-state index is -0.220. The number of carbonyl (C=O) groups is 1. The third-order valence-electron chi connectivity index (χ3n) is 4.08. The minimum absolute atomic E-state index is 0.0744. The first-order valence-corrected chi connectivity index (χ1v) is 9.28. The van der Waals surface area contributed by atoms with Gasteiger partial charge in [-0.3, -0.25) is 4.79 Å². The third-order valence-corrected chi connectivity index (χ3v) is 5.21. The molecule has 0 aliphatic rings. The maximum absolute atomic E-state index is 13.0. The Morgan fingerprint density at radius 2 is 1.88 bits per heavy atom. The Bertz CT molecular complexity index is 889. The van der Waals surface area contributed by atoms with E-state index in [4.69, 9.17) is 0 Å². The van der Waals surface area contributed by atoms with E-state index in [9.17, 15) is 9.18 Å². The van der Waals surface area contributed by atoms with Gasteiger partial charge in [0.2, 0.25) is 5.91 Å². The quantitative estimate of drug-likeness (QED) is 0.615. The smallest absolute Gasteiger partial charge is 0.221 e. The minimum Gasteiger partial charge on any atom is -0.326 e. The Labute approximate surface area is 156 Å². The summed E-state index contributed by atoms with van der Waals surface area (Å²) in [5.41, 5.74) is 2.95. The van der Waals surface area contributed by atoms with E-state index in [0.717, 1.165) is 28.2 Å². The summed E-state index contributed by atoms with van der Waals surface area (Å²) in [6.45, 7) is 4.35. The number of nitrogens with one attached hydrogen (secondary N) is 2. The zero-order valence-electron chi connectivity index (χ0n) is 14.8. The van der Waals surface area contributed by atoms with Crippen molar-refractivity contribution in [3.63, 3.8) is 0 Å². The molecule has 0 spiro atoms. The predicted octanol–water partition coefficient (Wildman–Crippen LogP) is 5.36. The van der Waals surface area contributed by atoms with Crippen LogP contribution in [0.25, 0.3) is 10.4 Å². The monoisotopic (exact) mass is 368 g/mol. The van der Waals surface area contributed by atoms with Crippen LogP contribution in [0.4, 0.5) is 10.1 Å². The molecule has 1 amide bonds. The molecule has 1 aromatic heterocycles. The highest BCUT2D eigenvalue weighted by atomic mass is 32.1. The largest absolute Gasteiger partial charge is 0.326 e. The van der Waals surface area contributed by atoms with Crippen LogP contribution in [0.1, 0.15) is 30.3 Å². The van der Waals surface area contributed by atoms with Crippen LogP contribution in [0.2, 0.25) is 0 Å². The molecular formula is C21H21FN2OS. The van der Waals surface area contributed by atoms with E-state index in [0.29, 0.717) is 0 Å². The molecule has 0 aliphatic carbocycles. The molecule has 1 atom stereocenters. The van der Waals surface area contributed by atoms with E-state index in [1.165, 1.54) is 23.9 Å². The number of hydrogen-bond acceptors (Lipinski definition) is 3. The van der Waals surface area contributed by atoms with Crippen molar-refractivity contribution >= 4 is 22.9 Å². The molecule has 0 saturated carbocycles. The highest BCUT2D eigenvalue weighted by Crippen LogP contribution is 2.28. The van der Waals surface area contributed by atoms with Crippen LogP contribution < -0.4 is 10.6 Å². The summed E-state index contributed by atoms with van der Waals surface area (Å²) in [4.78, 5) is 13.5. The molecule has 0 unspecified atom stereocenters. The molecule has 3 rings (SSSR count). The second-order valence-corrected chi connectivity index (χ2v) is 7.35. The van der Waals surface area contributed by atoms with Crippen molar-refractivity contribution in [2.24, 2.45) is 0 Å². The Hall–Kier alpha value is -2.50. The average Bonchev–Trinajstić information content (AvgIpc) is 3.09. The second-order valence-electron chi connectivity index (χ2n) is 6.18. The van der Waals surface area contributed by atoms with Crippen LogP contribution in [0, 0.1) is 5.82 Å². The third kappa shape index (κ3) is 4.77. The van der Waals surface area contributed by atoms with Gasteiger partial charge in [-0.2, -0.15) is 0 Å². The van der Waals surface area contributed by atoms with Gasteiger partial charge in [0.15, 0.2) is 0 Å². The summed E-state index contributed by atoms with van der Waals surface area (Å²) >= 11 is 1.70. The lowest BCUT2D eigenvalue weighted by molar-refractivity contribution is -0.114. The molecule has 5 heteroatoms. The molecule has 0 saturated heterocycles. The Morgan fingerprint density at radius 1 is 1.12 bits per heavy atom. The fourth-order valence-electron chi connectivity index (χ4n) is 2.70. The van der Waals surface area contributed by atoms with Crippen molar-refractivity contribution < 1.29 is 9.18 Å². The lowest BCUT2D eigenvalue weighted by atomic mass is 10.1. The number of thiophene rings is 1. The summed E-state index contributed by atoms with van der Waals surface area (Å²) in [6.07, 6.45) is 0. The van der Waals surface area contributed by atoms with Gasteiger partial charge < -0.3 is 10.6 Å². The Morgan fingerprint density at radius 3 is 2.62 bits per heavy atom. The highest BCUT2D eigenvalue weighted by Gasteiger charge is 2.08. The first-order chi connectivity index (χ1) is 12.5. The van der Waals surface area contributed by atoms with Gasteiger partial charge in [0.25, 0.3) is 0 Å². The van der Waals surface area contributed by atoms with Crippen molar-refractivity contribution in [1.82, 2.24) is 5.32 Å². The molecule has 3 aromatic rings. The first-order valence-electron chi connectivity index (χ1n) is 8.47. The van der Waals surface area contributed by atoms with Crippen molar-refractivity contribution in [1.29, 1.82) is 0 Å². The van der Waals surface area contributed by atoms with Crippen LogP contribution in [0.15, 0.2) is 60.7 Å². The maximum atomic E-state index is 13.0. The molecular weight excluding hydrogens is 347 g/mol. The van der Waals surface area contributed by atoms with E-state index in [2.05, 4.69) is 29.7 Å². The van der Waals surface area contributed by atoms with Gasteiger partial charge in [-0.25, -0.2) is 4.39 Å². The highest BCUT2D eigenvalue weighted by molar-refractivity contribution is 7.15. The number of hydrogen-bond donors (Lipinski definition) is 2. The molecule has 0 radical (unpaired) electrons. The summed E-state index contributed by atoms with van der Waals surface area (Å²) in [5, 5.41) is 6.32. The number of benzene rings is 2. The van der Waals surface area contributed by atoms with Crippen molar-refractivity contribution in [3.05, 3.63) is 76.9 Å². The number of rotatable bonds is 6. The first kappa shape index (κ1) is 18.3. The number of anilines is 1. The van der Waals surface area contributed by atoms with E-state index >= 15 is 0 Å². The molecule has 2 aromatic carbocycles. The molecule has 3 nitrogen and oxygen atoms in total. The van der Waals surface area contributed by atoms with Crippen molar-refractivity contribution in [2.75, 3.05) is 5.32 Å². The van der Waals surface area contributed by atoms with Crippen LogP contribution in [0.3, 0.4) is 0 Å². The fourth-order valence-corrected chi connectivity index (χ4v) is 3.67. The van der Waals surface area contributed by atoms with Crippen LogP contribution in [-0.4, -0.2) is 5.91 Å². The van der Waals surface area contributed by atoms with E-state index in [1.54, 1.807) is 23.5 Å². The van der Waals surface area contributed by atoms with Crippen molar-refractivity contribution in [2.45, 2.75) is 26.4 Å². The average molecular weight is 368 g/mol. The normalized spacial score (nSPS) is 12.0. The van der Waals surface area contributed by atoms with Gasteiger partial charge in [-0.05, 0) is 54.4 Å². The number of carbonyl (C=O) groups excluding carboxylic acids is 1. The molecule has 0 fully saturated rings. The summed E-state index contributed by atoms with van der Waals surface area (Å²) in [5.74, 6) is -0.294. The van der Waals surface area contributed by atoms with E-state index < -0.39 is 0 Å². The number of halogens is 1. The van der Waals surface area contributed by atoms with Gasteiger partial charge >= 0.3 is 0 Å². The van der Waals surface area contributed by atoms with E-state index in [1.807, 2.05) is 24.3 Å². The summed E-state index contributed by atoms with van der Waals surface area (Å²) < 4.78 is 13.0. The predicted molar refractivity (Wildman–Crippen MR) is 106 cm³/mol. The molecule has 1 heterocycles. The summed E-state index contributed by atoms with van der Waals surface area (Å²) in [7, 11) is 0. The van der Waals surface area contributed by atoms with Gasteiger partial charge in [0, 0.05) is 35.0 Å². The van der Waals surface area contributed by atoms with Gasteiger partial charge in [-0.15, -0.1) is 11.3 Å². The van der Waals surface area contributed by atoms with Crippen LogP contribution >= 0.6 is 11.3 Å². The number of amides is 1. The lowest BCUT2D eigenvalue weighted by Crippen LogP contribution is -2.17.